The van der Waals surface area contributed by atoms with Gasteiger partial charge >= 0.3 is 5.97 Å². The Balaban J connectivity index is 2.25. The summed E-state index contributed by atoms with van der Waals surface area (Å²) in [5.74, 6) is -2.17. The molecular weight excluding hydrogens is 284 g/mol. The first-order valence-electron chi connectivity index (χ1n) is 6.89. The Morgan fingerprint density at radius 3 is 2.45 bits per heavy atom. The van der Waals surface area contributed by atoms with Crippen LogP contribution in [0.1, 0.15) is 18.9 Å². The fourth-order valence-electron chi connectivity index (χ4n) is 2.37. The molecule has 1 atom stereocenters. The highest BCUT2D eigenvalue weighted by molar-refractivity contribution is 6.06. The molecule has 2 amide bonds. The zero-order chi connectivity index (χ0) is 16.3. The quantitative estimate of drug-likeness (QED) is 0.829. The molecule has 0 aliphatic carbocycles. The lowest BCUT2D eigenvalue weighted by atomic mass is 9.89. The Morgan fingerprint density at radius 1 is 1.23 bits per heavy atom. The summed E-state index contributed by atoms with van der Waals surface area (Å²) in [4.78, 5) is 36.0. The smallest absolute Gasteiger partial charge is 0.336 e. The van der Waals surface area contributed by atoms with Crippen molar-refractivity contribution in [2.75, 3.05) is 12.4 Å². The molecule has 1 heterocycles. The summed E-state index contributed by atoms with van der Waals surface area (Å²) in [6.07, 6.45) is -0.0839. The maximum atomic E-state index is 12.4. The van der Waals surface area contributed by atoms with E-state index >= 15 is 0 Å². The van der Waals surface area contributed by atoms with E-state index in [0.29, 0.717) is 11.4 Å². The van der Waals surface area contributed by atoms with Crippen molar-refractivity contribution in [1.82, 2.24) is 5.32 Å². The Bertz CT molecular complexity index is 647. The van der Waals surface area contributed by atoms with Gasteiger partial charge in [0, 0.05) is 17.8 Å². The van der Waals surface area contributed by atoms with Gasteiger partial charge < -0.3 is 15.4 Å². The van der Waals surface area contributed by atoms with Crippen LogP contribution in [0.4, 0.5) is 5.69 Å². The van der Waals surface area contributed by atoms with Gasteiger partial charge in [0.15, 0.2) is 0 Å². The van der Waals surface area contributed by atoms with Gasteiger partial charge in [-0.05, 0) is 26.0 Å². The van der Waals surface area contributed by atoms with Crippen LogP contribution in [-0.4, -0.2) is 24.9 Å². The van der Waals surface area contributed by atoms with Gasteiger partial charge in [0.05, 0.1) is 18.6 Å². The predicted octanol–water partition coefficient (Wildman–Crippen LogP) is 1.52. The van der Waals surface area contributed by atoms with Gasteiger partial charge in [-0.3, -0.25) is 9.59 Å². The number of amides is 2. The molecule has 0 radical (unpaired) electrons. The van der Waals surface area contributed by atoms with Gasteiger partial charge in [0.2, 0.25) is 11.8 Å². The fraction of sp³-hybridized carbons (Fsp3) is 0.312. The standard InChI is InChI=1S/C16H18N2O4/c1-9-4-6-11(7-5-9)18-15(20)12-8-13(19)17-10(2)14(12)16(21)22-3/h4-7,12H,8H2,1-3H3,(H,17,19)(H,18,20)/t12-/m1/s1. The molecule has 0 saturated heterocycles. The Morgan fingerprint density at radius 2 is 1.86 bits per heavy atom. The first-order chi connectivity index (χ1) is 10.4. The lowest BCUT2D eigenvalue weighted by Gasteiger charge is -2.25. The molecule has 0 unspecified atom stereocenters. The maximum Gasteiger partial charge on any atom is 0.336 e. The second kappa shape index (κ2) is 6.43. The second-order valence-electron chi connectivity index (χ2n) is 5.19. The molecule has 1 aliphatic heterocycles. The minimum atomic E-state index is -0.859. The molecule has 116 valence electrons. The van der Waals surface area contributed by atoms with Gasteiger partial charge in [-0.15, -0.1) is 0 Å². The van der Waals surface area contributed by atoms with E-state index in [-0.39, 0.29) is 17.9 Å². The van der Waals surface area contributed by atoms with Crippen molar-refractivity contribution in [2.45, 2.75) is 20.3 Å². The third-order valence-electron chi connectivity index (χ3n) is 3.51. The molecule has 0 saturated carbocycles. The second-order valence-corrected chi connectivity index (χ2v) is 5.19. The highest BCUT2D eigenvalue weighted by Crippen LogP contribution is 2.25. The van der Waals surface area contributed by atoms with Crippen LogP contribution < -0.4 is 10.6 Å². The van der Waals surface area contributed by atoms with Gasteiger partial charge in [-0.25, -0.2) is 4.79 Å². The summed E-state index contributed by atoms with van der Waals surface area (Å²) >= 11 is 0. The minimum Gasteiger partial charge on any atom is -0.466 e. The normalized spacial score (nSPS) is 17.8. The van der Waals surface area contributed by atoms with Crippen LogP contribution in [0.25, 0.3) is 0 Å². The number of anilines is 1. The van der Waals surface area contributed by atoms with E-state index in [2.05, 4.69) is 10.6 Å². The molecule has 0 spiro atoms. The average molecular weight is 302 g/mol. The summed E-state index contributed by atoms with van der Waals surface area (Å²) in [5.41, 5.74) is 2.23. The predicted molar refractivity (Wildman–Crippen MR) is 80.8 cm³/mol. The van der Waals surface area contributed by atoms with E-state index in [9.17, 15) is 14.4 Å². The van der Waals surface area contributed by atoms with Crippen LogP contribution in [0, 0.1) is 12.8 Å². The van der Waals surface area contributed by atoms with Gasteiger partial charge in [-0.1, -0.05) is 17.7 Å². The van der Waals surface area contributed by atoms with Crippen LogP contribution in [0.5, 0.6) is 0 Å². The number of hydrogen-bond donors (Lipinski definition) is 2. The Labute approximate surface area is 128 Å². The zero-order valence-corrected chi connectivity index (χ0v) is 12.7. The molecule has 6 heteroatoms. The van der Waals surface area contributed by atoms with Crippen molar-refractivity contribution in [2.24, 2.45) is 5.92 Å². The summed E-state index contributed by atoms with van der Waals surface area (Å²) in [6, 6.07) is 7.27. The number of allylic oxidation sites excluding steroid dienone is 1. The maximum absolute atomic E-state index is 12.4. The van der Waals surface area contributed by atoms with Crippen molar-refractivity contribution < 1.29 is 19.1 Å². The topological polar surface area (TPSA) is 84.5 Å². The van der Waals surface area contributed by atoms with E-state index in [4.69, 9.17) is 4.74 Å². The molecular formula is C16H18N2O4. The van der Waals surface area contributed by atoms with E-state index in [1.165, 1.54) is 7.11 Å². The first-order valence-corrected chi connectivity index (χ1v) is 6.89. The molecule has 22 heavy (non-hydrogen) atoms. The van der Waals surface area contributed by atoms with Gasteiger partial charge in [0.25, 0.3) is 0 Å². The summed E-state index contributed by atoms with van der Waals surface area (Å²) in [7, 11) is 1.24. The van der Waals surface area contributed by atoms with Crippen LogP contribution in [0.2, 0.25) is 0 Å². The van der Waals surface area contributed by atoms with Gasteiger partial charge in [0.1, 0.15) is 0 Å². The number of carbonyl (C=O) groups excluding carboxylic acids is 3. The number of rotatable bonds is 3. The lowest BCUT2D eigenvalue weighted by Crippen LogP contribution is -2.40. The number of methoxy groups -OCH3 is 1. The van der Waals surface area contributed by atoms with E-state index in [0.717, 1.165) is 5.56 Å². The zero-order valence-electron chi connectivity index (χ0n) is 12.7. The van der Waals surface area contributed by atoms with Crippen LogP contribution in [-0.2, 0) is 19.1 Å². The minimum absolute atomic E-state index is 0.0839. The SMILES string of the molecule is COC(=O)C1=C(C)NC(=O)C[C@H]1C(=O)Nc1ccc(C)cc1. The number of carbonyl (C=O) groups is 3. The van der Waals surface area contributed by atoms with E-state index in [1.54, 1.807) is 19.1 Å². The fourth-order valence-corrected chi connectivity index (χ4v) is 2.37. The highest BCUT2D eigenvalue weighted by atomic mass is 16.5. The number of benzene rings is 1. The summed E-state index contributed by atoms with van der Waals surface area (Å²) in [5, 5.41) is 5.29. The Hall–Kier alpha value is -2.63. The first kappa shape index (κ1) is 15.8. The molecule has 2 rings (SSSR count). The van der Waals surface area contributed by atoms with E-state index < -0.39 is 17.8 Å². The number of nitrogens with one attached hydrogen (secondary N) is 2. The van der Waals surface area contributed by atoms with E-state index in [1.807, 2.05) is 19.1 Å². The number of aryl methyl sites for hydroxylation is 1. The molecule has 0 fully saturated rings. The van der Waals surface area contributed by atoms with Crippen molar-refractivity contribution in [3.63, 3.8) is 0 Å². The third-order valence-corrected chi connectivity index (χ3v) is 3.51. The molecule has 2 N–H and O–H groups in total. The lowest BCUT2D eigenvalue weighted by molar-refractivity contribution is -0.139. The third kappa shape index (κ3) is 3.33. The van der Waals surface area contributed by atoms with Crippen molar-refractivity contribution in [3.8, 4) is 0 Å². The molecule has 1 aliphatic rings. The monoisotopic (exact) mass is 302 g/mol. The van der Waals surface area contributed by atoms with Crippen LogP contribution in [0.15, 0.2) is 35.5 Å². The van der Waals surface area contributed by atoms with Gasteiger partial charge in [-0.2, -0.15) is 0 Å². The number of ether oxygens (including phenoxy) is 1. The summed E-state index contributed by atoms with van der Waals surface area (Å²) in [6.45, 7) is 3.52. The van der Waals surface area contributed by atoms with Crippen molar-refractivity contribution >= 4 is 23.5 Å². The molecule has 0 aromatic heterocycles. The van der Waals surface area contributed by atoms with Crippen LogP contribution >= 0.6 is 0 Å². The van der Waals surface area contributed by atoms with Crippen molar-refractivity contribution in [1.29, 1.82) is 0 Å². The number of hydrogen-bond acceptors (Lipinski definition) is 4. The largest absolute Gasteiger partial charge is 0.466 e. The molecule has 1 aromatic rings. The molecule has 1 aromatic carbocycles. The average Bonchev–Trinajstić information content (AvgIpc) is 2.48. The highest BCUT2D eigenvalue weighted by Gasteiger charge is 2.36. The Kier molecular flexibility index (Phi) is 4.60. The van der Waals surface area contributed by atoms with Crippen molar-refractivity contribution in [3.05, 3.63) is 41.1 Å². The molecule has 0 bridgehead atoms. The summed E-state index contributed by atoms with van der Waals surface area (Å²) < 4.78 is 4.71. The van der Waals surface area contributed by atoms with Crippen LogP contribution in [0.3, 0.4) is 0 Å². The number of esters is 1. The molecule has 6 nitrogen and oxygen atoms in total.